The first-order valence-electron chi connectivity index (χ1n) is 5.61. The van der Waals surface area contributed by atoms with Crippen molar-refractivity contribution in [2.75, 3.05) is 6.61 Å². The van der Waals surface area contributed by atoms with Gasteiger partial charge >= 0.3 is 0 Å². The number of amides is 1. The summed E-state index contributed by atoms with van der Waals surface area (Å²) in [4.78, 5) is 14.5. The van der Waals surface area contributed by atoms with Crippen molar-refractivity contribution >= 4 is 29.1 Å². The first-order valence-corrected chi connectivity index (χ1v) is 6.37. The fourth-order valence-corrected chi connectivity index (χ4v) is 1.79. The molecule has 0 aliphatic heterocycles. The third-order valence-corrected chi connectivity index (χ3v) is 2.95. The fourth-order valence-electron chi connectivity index (χ4n) is 1.45. The van der Waals surface area contributed by atoms with Gasteiger partial charge in [-0.25, -0.2) is 0 Å². The number of carbonyl (C=O) groups excluding carboxylic acids is 1. The zero-order chi connectivity index (χ0) is 13.7. The Kier molecular flexibility index (Phi) is 4.71. The van der Waals surface area contributed by atoms with Gasteiger partial charge in [-0.1, -0.05) is 23.2 Å². The van der Waals surface area contributed by atoms with Crippen molar-refractivity contribution in [2.45, 2.75) is 6.54 Å². The maximum Gasteiger partial charge on any atom is 0.258 e. The smallest absolute Gasteiger partial charge is 0.258 e. The van der Waals surface area contributed by atoms with Crippen LogP contribution in [0.25, 0.3) is 0 Å². The number of ether oxygens (including phenoxy) is 1. The van der Waals surface area contributed by atoms with Gasteiger partial charge < -0.3 is 15.0 Å². The van der Waals surface area contributed by atoms with Crippen LogP contribution in [0.4, 0.5) is 0 Å². The molecule has 0 unspecified atom stereocenters. The number of benzene rings is 1. The summed E-state index contributed by atoms with van der Waals surface area (Å²) in [6.07, 6.45) is 3.61. The van der Waals surface area contributed by atoms with E-state index in [1.54, 1.807) is 24.4 Å². The van der Waals surface area contributed by atoms with Gasteiger partial charge in [0.05, 0.1) is 5.02 Å². The second-order valence-electron chi connectivity index (χ2n) is 3.86. The lowest BCUT2D eigenvalue weighted by Gasteiger charge is -2.08. The summed E-state index contributed by atoms with van der Waals surface area (Å²) in [6, 6.07) is 6.73. The summed E-state index contributed by atoms with van der Waals surface area (Å²) < 4.78 is 5.31. The monoisotopic (exact) mass is 298 g/mol. The Morgan fingerprint density at radius 3 is 2.89 bits per heavy atom. The summed E-state index contributed by atoms with van der Waals surface area (Å²) in [5.74, 6) is 0.170. The first-order chi connectivity index (χ1) is 9.15. The molecule has 0 radical (unpaired) electrons. The second kappa shape index (κ2) is 6.50. The zero-order valence-corrected chi connectivity index (χ0v) is 11.5. The molecule has 6 heteroatoms. The zero-order valence-electron chi connectivity index (χ0n) is 9.95. The number of hydrogen-bond donors (Lipinski definition) is 2. The number of hydrogen-bond acceptors (Lipinski definition) is 2. The minimum Gasteiger partial charge on any atom is -0.482 e. The highest BCUT2D eigenvalue weighted by Gasteiger charge is 2.06. The summed E-state index contributed by atoms with van der Waals surface area (Å²) >= 11 is 11.7. The van der Waals surface area contributed by atoms with Crippen LogP contribution in [0.2, 0.25) is 10.0 Å². The van der Waals surface area contributed by atoms with Crippen molar-refractivity contribution in [1.29, 1.82) is 0 Å². The van der Waals surface area contributed by atoms with Crippen LogP contribution >= 0.6 is 23.2 Å². The molecule has 100 valence electrons. The Morgan fingerprint density at radius 2 is 2.16 bits per heavy atom. The van der Waals surface area contributed by atoms with Crippen LogP contribution in [0.1, 0.15) is 5.56 Å². The SMILES string of the molecule is O=C(COc1cc(Cl)ccc1Cl)NCc1cc[nH]c1. The second-order valence-corrected chi connectivity index (χ2v) is 4.70. The van der Waals surface area contributed by atoms with Crippen LogP contribution in [-0.2, 0) is 11.3 Å². The quantitative estimate of drug-likeness (QED) is 0.891. The molecule has 0 saturated heterocycles. The van der Waals surface area contributed by atoms with E-state index in [2.05, 4.69) is 10.3 Å². The molecule has 1 aromatic heterocycles. The average Bonchev–Trinajstić information content (AvgIpc) is 2.90. The normalized spacial score (nSPS) is 10.2. The molecule has 0 bridgehead atoms. The Labute approximate surface area is 120 Å². The minimum atomic E-state index is -0.225. The number of carbonyl (C=O) groups is 1. The molecule has 2 N–H and O–H groups in total. The highest BCUT2D eigenvalue weighted by Crippen LogP contribution is 2.27. The van der Waals surface area contributed by atoms with E-state index in [0.717, 1.165) is 5.56 Å². The number of halogens is 2. The molecule has 19 heavy (non-hydrogen) atoms. The highest BCUT2D eigenvalue weighted by molar-refractivity contribution is 6.34. The largest absolute Gasteiger partial charge is 0.482 e. The van der Waals surface area contributed by atoms with E-state index in [9.17, 15) is 4.79 Å². The van der Waals surface area contributed by atoms with Crippen LogP contribution in [0, 0.1) is 0 Å². The number of H-pyrrole nitrogens is 1. The van der Waals surface area contributed by atoms with Crippen LogP contribution in [0.5, 0.6) is 5.75 Å². The Hall–Kier alpha value is -1.65. The summed E-state index contributed by atoms with van der Waals surface area (Å²) in [5.41, 5.74) is 0.995. The van der Waals surface area contributed by atoms with Gasteiger partial charge in [0, 0.05) is 30.0 Å². The van der Waals surface area contributed by atoms with Crippen molar-refractivity contribution in [1.82, 2.24) is 10.3 Å². The standard InChI is InChI=1S/C13H12Cl2N2O2/c14-10-1-2-11(15)12(5-10)19-8-13(18)17-7-9-3-4-16-6-9/h1-6,16H,7-8H2,(H,17,18). The number of rotatable bonds is 5. The van der Waals surface area contributed by atoms with Crippen LogP contribution in [0.3, 0.4) is 0 Å². The summed E-state index contributed by atoms with van der Waals surface area (Å²) in [7, 11) is 0. The van der Waals surface area contributed by atoms with Crippen molar-refractivity contribution in [3.8, 4) is 5.75 Å². The van der Waals surface area contributed by atoms with Crippen molar-refractivity contribution < 1.29 is 9.53 Å². The molecule has 0 aliphatic carbocycles. The molecule has 1 aromatic carbocycles. The van der Waals surface area contributed by atoms with Crippen LogP contribution < -0.4 is 10.1 Å². The third kappa shape index (κ3) is 4.19. The highest BCUT2D eigenvalue weighted by atomic mass is 35.5. The molecule has 0 aliphatic rings. The molecule has 1 heterocycles. The van der Waals surface area contributed by atoms with Crippen molar-refractivity contribution in [3.05, 3.63) is 52.3 Å². The molecule has 4 nitrogen and oxygen atoms in total. The Balaban J connectivity index is 1.81. The topological polar surface area (TPSA) is 54.1 Å². The maximum absolute atomic E-state index is 11.6. The fraction of sp³-hybridized carbons (Fsp3) is 0.154. The van der Waals surface area contributed by atoms with E-state index in [4.69, 9.17) is 27.9 Å². The van der Waals surface area contributed by atoms with Crippen LogP contribution in [0.15, 0.2) is 36.7 Å². The minimum absolute atomic E-state index is 0.107. The predicted molar refractivity (Wildman–Crippen MR) is 74.6 cm³/mol. The van der Waals surface area contributed by atoms with Gasteiger partial charge in [0.1, 0.15) is 5.75 Å². The molecule has 2 aromatic rings. The molecule has 1 amide bonds. The molecule has 2 rings (SSSR count). The lowest BCUT2D eigenvalue weighted by molar-refractivity contribution is -0.123. The molecular formula is C13H12Cl2N2O2. The van der Waals surface area contributed by atoms with Gasteiger partial charge in [-0.3, -0.25) is 4.79 Å². The van der Waals surface area contributed by atoms with E-state index >= 15 is 0 Å². The average molecular weight is 299 g/mol. The molecular weight excluding hydrogens is 287 g/mol. The Morgan fingerprint density at radius 1 is 1.32 bits per heavy atom. The lowest BCUT2D eigenvalue weighted by atomic mass is 10.3. The number of aromatic amines is 1. The number of nitrogens with one attached hydrogen (secondary N) is 2. The van der Waals surface area contributed by atoms with E-state index in [1.807, 2.05) is 12.3 Å². The van der Waals surface area contributed by atoms with Gasteiger partial charge in [-0.15, -0.1) is 0 Å². The van der Waals surface area contributed by atoms with Gasteiger partial charge in [0.15, 0.2) is 6.61 Å². The van der Waals surface area contributed by atoms with Crippen molar-refractivity contribution in [3.63, 3.8) is 0 Å². The van der Waals surface area contributed by atoms with Gasteiger partial charge in [0.2, 0.25) is 0 Å². The lowest BCUT2D eigenvalue weighted by Crippen LogP contribution is -2.28. The van der Waals surface area contributed by atoms with E-state index < -0.39 is 0 Å². The van der Waals surface area contributed by atoms with E-state index in [-0.39, 0.29) is 12.5 Å². The van der Waals surface area contributed by atoms with E-state index in [1.165, 1.54) is 0 Å². The maximum atomic E-state index is 11.6. The Bertz CT molecular complexity index is 556. The molecule has 0 saturated carbocycles. The first kappa shape index (κ1) is 13.8. The van der Waals surface area contributed by atoms with Gasteiger partial charge in [-0.05, 0) is 23.8 Å². The molecule has 0 atom stereocenters. The third-order valence-electron chi connectivity index (χ3n) is 2.40. The number of aromatic nitrogens is 1. The van der Waals surface area contributed by atoms with Crippen LogP contribution in [-0.4, -0.2) is 17.5 Å². The van der Waals surface area contributed by atoms with Crippen molar-refractivity contribution in [2.24, 2.45) is 0 Å². The molecule has 0 fully saturated rings. The summed E-state index contributed by atoms with van der Waals surface area (Å²) in [6.45, 7) is 0.347. The predicted octanol–water partition coefficient (Wildman–Crippen LogP) is 3.02. The van der Waals surface area contributed by atoms with E-state index in [0.29, 0.717) is 22.3 Å². The van der Waals surface area contributed by atoms with Gasteiger partial charge in [0.25, 0.3) is 5.91 Å². The van der Waals surface area contributed by atoms with Gasteiger partial charge in [-0.2, -0.15) is 0 Å². The summed E-state index contributed by atoms with van der Waals surface area (Å²) in [5, 5.41) is 3.66. The molecule has 0 spiro atoms.